The molecule has 1 unspecified atom stereocenters. The highest BCUT2D eigenvalue weighted by molar-refractivity contribution is 7.99. The van der Waals surface area contributed by atoms with E-state index in [0.717, 1.165) is 42.2 Å². The summed E-state index contributed by atoms with van der Waals surface area (Å²) >= 11 is 7.36. The molecule has 0 radical (unpaired) electrons. The minimum atomic E-state index is -0.443. The summed E-state index contributed by atoms with van der Waals surface area (Å²) in [7, 11) is -0.443. The molecule has 1 amide bonds. The van der Waals surface area contributed by atoms with Crippen molar-refractivity contribution in [3.63, 3.8) is 0 Å². The molecule has 2 aliphatic heterocycles. The maximum atomic E-state index is 12.0. The largest absolute Gasteiger partial charge is 0.498 e. The Morgan fingerprint density at radius 2 is 1.89 bits per heavy atom. The average molecular weight is 426 g/mol. The van der Waals surface area contributed by atoms with Crippen molar-refractivity contribution in [2.75, 3.05) is 18.2 Å². The number of hydrogen-bond acceptors (Lipinski definition) is 6. The third-order valence-electron chi connectivity index (χ3n) is 5.92. The standard InChI is InChI=1S/C19H29BClN3O3S/c1-18(2)19(3,4)27-20(26-18)14-12-22-17(23-13-14)28-10-8-15-7-5-6-9-24(15)16(25)11-21/h12-13,15H,5-11H2,1-4H3. The molecule has 0 bridgehead atoms. The maximum absolute atomic E-state index is 12.0. The van der Waals surface area contributed by atoms with Crippen molar-refractivity contribution in [1.82, 2.24) is 14.9 Å². The normalized spacial score (nSPS) is 23.8. The second-order valence-electron chi connectivity index (χ2n) is 8.39. The van der Waals surface area contributed by atoms with Crippen molar-refractivity contribution < 1.29 is 14.1 Å². The van der Waals surface area contributed by atoms with E-state index in [2.05, 4.69) is 9.97 Å². The van der Waals surface area contributed by atoms with Crippen LogP contribution in [0.1, 0.15) is 53.4 Å². The van der Waals surface area contributed by atoms with Gasteiger partial charge in [-0.25, -0.2) is 9.97 Å². The molecule has 0 N–H and O–H groups in total. The van der Waals surface area contributed by atoms with Crippen LogP contribution in [0.4, 0.5) is 0 Å². The number of carbonyl (C=O) groups is 1. The van der Waals surface area contributed by atoms with Crippen LogP contribution in [-0.2, 0) is 14.1 Å². The predicted octanol–water partition coefficient (Wildman–Crippen LogP) is 2.88. The second kappa shape index (κ2) is 8.90. The Bertz CT molecular complexity index is 674. The van der Waals surface area contributed by atoms with Gasteiger partial charge in [-0.15, -0.1) is 11.6 Å². The number of piperidine rings is 1. The van der Waals surface area contributed by atoms with Gasteiger partial charge >= 0.3 is 7.12 Å². The fourth-order valence-corrected chi connectivity index (χ4v) is 4.47. The highest BCUT2D eigenvalue weighted by atomic mass is 35.5. The van der Waals surface area contributed by atoms with E-state index in [9.17, 15) is 4.79 Å². The summed E-state index contributed by atoms with van der Waals surface area (Å²) in [5, 5.41) is 0.728. The number of halogens is 1. The van der Waals surface area contributed by atoms with E-state index >= 15 is 0 Å². The van der Waals surface area contributed by atoms with Crippen molar-refractivity contribution >= 4 is 41.9 Å². The lowest BCUT2D eigenvalue weighted by atomic mass is 9.81. The number of carbonyl (C=O) groups excluding carboxylic acids is 1. The van der Waals surface area contributed by atoms with Gasteiger partial charge in [0.2, 0.25) is 5.91 Å². The highest BCUT2D eigenvalue weighted by Gasteiger charge is 2.51. The number of thioether (sulfide) groups is 1. The van der Waals surface area contributed by atoms with Gasteiger partial charge in [0.05, 0.1) is 11.2 Å². The molecule has 0 saturated carbocycles. The number of amides is 1. The molecule has 1 aromatic rings. The smallest absolute Gasteiger partial charge is 0.399 e. The summed E-state index contributed by atoms with van der Waals surface area (Å²) in [6.45, 7) is 8.94. The molecule has 2 aliphatic rings. The Labute approximate surface area is 177 Å². The van der Waals surface area contributed by atoms with Crippen LogP contribution >= 0.6 is 23.4 Å². The molecule has 2 fully saturated rings. The van der Waals surface area contributed by atoms with Gasteiger partial charge in [-0.1, -0.05) is 11.8 Å². The Hall–Kier alpha value is -0.825. The first-order valence-electron chi connectivity index (χ1n) is 9.89. The molecule has 3 heterocycles. The third-order valence-corrected chi connectivity index (χ3v) is 7.06. The molecule has 1 atom stereocenters. The number of likely N-dealkylation sites (tertiary alicyclic amines) is 1. The Morgan fingerprint density at radius 1 is 1.25 bits per heavy atom. The van der Waals surface area contributed by atoms with Gasteiger partial charge in [-0.2, -0.15) is 0 Å². The van der Waals surface area contributed by atoms with Crippen molar-refractivity contribution in [2.45, 2.75) is 75.8 Å². The van der Waals surface area contributed by atoms with Crippen LogP contribution in [0.25, 0.3) is 0 Å². The predicted molar refractivity (Wildman–Crippen MR) is 113 cm³/mol. The van der Waals surface area contributed by atoms with Gasteiger partial charge in [-0.3, -0.25) is 4.79 Å². The Morgan fingerprint density at radius 3 is 2.50 bits per heavy atom. The van der Waals surface area contributed by atoms with E-state index in [1.807, 2.05) is 32.6 Å². The number of alkyl halides is 1. The molecular weight excluding hydrogens is 397 g/mol. The van der Waals surface area contributed by atoms with Gasteiger partial charge in [0.1, 0.15) is 5.88 Å². The van der Waals surface area contributed by atoms with E-state index in [1.165, 1.54) is 6.42 Å². The van der Waals surface area contributed by atoms with Crippen LogP contribution in [0, 0.1) is 0 Å². The van der Waals surface area contributed by atoms with E-state index in [-0.39, 0.29) is 29.0 Å². The first-order chi connectivity index (χ1) is 13.2. The van der Waals surface area contributed by atoms with Crippen molar-refractivity contribution in [1.29, 1.82) is 0 Å². The van der Waals surface area contributed by atoms with Crippen LogP contribution in [0.5, 0.6) is 0 Å². The minimum absolute atomic E-state index is 0.0411. The maximum Gasteiger partial charge on any atom is 0.498 e. The number of rotatable bonds is 6. The van der Waals surface area contributed by atoms with Crippen LogP contribution in [-0.4, -0.2) is 63.3 Å². The van der Waals surface area contributed by atoms with Gasteiger partial charge in [0.25, 0.3) is 0 Å². The fraction of sp³-hybridized carbons (Fsp3) is 0.737. The summed E-state index contributed by atoms with van der Waals surface area (Å²) in [5.74, 6) is 0.971. The fourth-order valence-electron chi connectivity index (χ4n) is 3.49. The highest BCUT2D eigenvalue weighted by Crippen LogP contribution is 2.36. The van der Waals surface area contributed by atoms with E-state index in [4.69, 9.17) is 20.9 Å². The number of aromatic nitrogens is 2. The zero-order chi connectivity index (χ0) is 20.4. The molecule has 3 rings (SSSR count). The minimum Gasteiger partial charge on any atom is -0.399 e. The van der Waals surface area contributed by atoms with Crippen LogP contribution in [0.2, 0.25) is 0 Å². The van der Waals surface area contributed by atoms with Crippen LogP contribution in [0.15, 0.2) is 17.6 Å². The topological polar surface area (TPSA) is 64.5 Å². The average Bonchev–Trinajstić information content (AvgIpc) is 2.89. The van der Waals surface area contributed by atoms with Crippen molar-refractivity contribution in [3.05, 3.63) is 12.4 Å². The molecule has 28 heavy (non-hydrogen) atoms. The molecule has 1 aromatic heterocycles. The Balaban J connectivity index is 1.52. The lowest BCUT2D eigenvalue weighted by Gasteiger charge is -2.35. The van der Waals surface area contributed by atoms with Gasteiger partial charge < -0.3 is 14.2 Å². The molecule has 2 saturated heterocycles. The zero-order valence-electron chi connectivity index (χ0n) is 17.1. The summed E-state index contributed by atoms with van der Waals surface area (Å²) in [5.41, 5.74) is 0.0728. The monoisotopic (exact) mass is 425 g/mol. The third kappa shape index (κ3) is 4.83. The molecule has 0 aliphatic carbocycles. The molecule has 0 spiro atoms. The molecule has 0 aromatic carbocycles. The molecular formula is C19H29BClN3O3S. The first kappa shape index (κ1) is 21.9. The molecule has 154 valence electrons. The Kier molecular flexibility index (Phi) is 6.95. The first-order valence-corrected chi connectivity index (χ1v) is 11.4. The number of hydrogen-bond donors (Lipinski definition) is 0. The van der Waals surface area contributed by atoms with Crippen LogP contribution in [0.3, 0.4) is 0 Å². The summed E-state index contributed by atoms with van der Waals surface area (Å²) in [4.78, 5) is 22.9. The second-order valence-corrected chi connectivity index (χ2v) is 9.72. The van der Waals surface area contributed by atoms with Crippen molar-refractivity contribution in [2.24, 2.45) is 0 Å². The van der Waals surface area contributed by atoms with Gasteiger partial charge in [0, 0.05) is 36.2 Å². The molecule has 6 nitrogen and oxygen atoms in total. The van der Waals surface area contributed by atoms with E-state index in [1.54, 1.807) is 24.2 Å². The lowest BCUT2D eigenvalue weighted by molar-refractivity contribution is -0.132. The lowest BCUT2D eigenvalue weighted by Crippen LogP contribution is -2.44. The quantitative estimate of drug-likeness (QED) is 0.302. The SMILES string of the molecule is CC1(C)OB(c2cnc(SCCC3CCCCN3C(=O)CCl)nc2)OC1(C)C. The number of nitrogens with zero attached hydrogens (tertiary/aromatic N) is 3. The molecule has 9 heteroatoms. The van der Waals surface area contributed by atoms with E-state index in [0.29, 0.717) is 0 Å². The summed E-state index contributed by atoms with van der Waals surface area (Å²) in [6, 6.07) is 0.275. The zero-order valence-corrected chi connectivity index (χ0v) is 18.7. The van der Waals surface area contributed by atoms with Crippen LogP contribution < -0.4 is 5.46 Å². The van der Waals surface area contributed by atoms with Gasteiger partial charge in [0.15, 0.2) is 5.16 Å². The van der Waals surface area contributed by atoms with Gasteiger partial charge in [-0.05, 0) is 53.4 Å². The summed E-state index contributed by atoms with van der Waals surface area (Å²) in [6.07, 6.45) is 7.76. The van der Waals surface area contributed by atoms with E-state index < -0.39 is 7.12 Å². The van der Waals surface area contributed by atoms with Crippen molar-refractivity contribution in [3.8, 4) is 0 Å². The summed E-state index contributed by atoms with van der Waals surface area (Å²) < 4.78 is 12.1.